The molecule has 0 heterocycles. The Morgan fingerprint density at radius 3 is 2.22 bits per heavy atom. The summed E-state index contributed by atoms with van der Waals surface area (Å²) in [6.45, 7) is 2.89. The van der Waals surface area contributed by atoms with Gasteiger partial charge in [0.2, 0.25) is 0 Å². The number of hydrogen-bond acceptors (Lipinski definition) is 2. The molecule has 0 aliphatic carbocycles. The van der Waals surface area contributed by atoms with E-state index >= 15 is 0 Å². The lowest BCUT2D eigenvalue weighted by atomic mass is 10.1. The summed E-state index contributed by atoms with van der Waals surface area (Å²) in [5.74, 6) is 0.0367. The molecule has 0 saturated carbocycles. The van der Waals surface area contributed by atoms with Gasteiger partial charge in [0.15, 0.2) is 5.78 Å². The van der Waals surface area contributed by atoms with Gasteiger partial charge in [0, 0.05) is 25.1 Å². The Kier molecular flexibility index (Phi) is 6.36. The van der Waals surface area contributed by atoms with Crippen LogP contribution in [0, 0.1) is 6.92 Å². The summed E-state index contributed by atoms with van der Waals surface area (Å²) in [5, 5.41) is 5.50. The predicted molar refractivity (Wildman–Crippen MR) is 91.7 cm³/mol. The van der Waals surface area contributed by atoms with E-state index in [0.717, 1.165) is 12.0 Å². The lowest BCUT2D eigenvalue weighted by Gasteiger charge is -2.07. The molecular formula is C19H22N2O2. The van der Waals surface area contributed by atoms with E-state index in [2.05, 4.69) is 10.6 Å². The first kappa shape index (κ1) is 16.7. The zero-order chi connectivity index (χ0) is 16.5. The first-order chi connectivity index (χ1) is 11.1. The molecular weight excluding hydrogens is 288 g/mol. The van der Waals surface area contributed by atoms with Gasteiger partial charge < -0.3 is 10.6 Å². The maximum absolute atomic E-state index is 12.0. The number of ketones is 1. The van der Waals surface area contributed by atoms with E-state index in [1.807, 2.05) is 61.5 Å². The molecule has 0 fully saturated rings. The first-order valence-corrected chi connectivity index (χ1v) is 7.80. The van der Waals surface area contributed by atoms with Crippen molar-refractivity contribution in [2.75, 3.05) is 13.1 Å². The zero-order valence-electron chi connectivity index (χ0n) is 13.3. The number of nitrogens with one attached hydrogen (secondary N) is 2. The lowest BCUT2D eigenvalue weighted by Crippen LogP contribution is -2.37. The van der Waals surface area contributed by atoms with E-state index in [4.69, 9.17) is 0 Å². The minimum Gasteiger partial charge on any atom is -0.338 e. The van der Waals surface area contributed by atoms with Gasteiger partial charge in [-0.25, -0.2) is 4.79 Å². The molecule has 0 aromatic heterocycles. The largest absolute Gasteiger partial charge is 0.338 e. The van der Waals surface area contributed by atoms with Crippen molar-refractivity contribution >= 4 is 11.8 Å². The second kappa shape index (κ2) is 8.73. The van der Waals surface area contributed by atoms with Gasteiger partial charge in [0.05, 0.1) is 0 Å². The van der Waals surface area contributed by atoms with Crippen LogP contribution in [0.2, 0.25) is 0 Å². The minimum absolute atomic E-state index is 0.0367. The van der Waals surface area contributed by atoms with Crippen LogP contribution in [0.1, 0.15) is 27.9 Å². The fourth-order valence-electron chi connectivity index (χ4n) is 2.20. The molecule has 2 N–H and O–H groups in total. The van der Waals surface area contributed by atoms with E-state index in [9.17, 15) is 9.59 Å². The van der Waals surface area contributed by atoms with Crippen LogP contribution in [0.15, 0.2) is 54.6 Å². The Hall–Kier alpha value is -2.62. The highest BCUT2D eigenvalue weighted by molar-refractivity contribution is 5.96. The first-order valence-electron chi connectivity index (χ1n) is 7.80. The normalized spacial score (nSPS) is 10.1. The molecule has 0 spiro atoms. The van der Waals surface area contributed by atoms with E-state index in [0.29, 0.717) is 25.1 Å². The Morgan fingerprint density at radius 2 is 1.52 bits per heavy atom. The van der Waals surface area contributed by atoms with Crippen LogP contribution in [0.5, 0.6) is 0 Å². The summed E-state index contributed by atoms with van der Waals surface area (Å²) < 4.78 is 0. The summed E-state index contributed by atoms with van der Waals surface area (Å²) in [6, 6.07) is 17.2. The molecule has 4 heteroatoms. The van der Waals surface area contributed by atoms with Crippen LogP contribution in [0.25, 0.3) is 0 Å². The topological polar surface area (TPSA) is 58.2 Å². The number of carbonyl (C=O) groups is 2. The molecule has 4 nitrogen and oxygen atoms in total. The summed E-state index contributed by atoms with van der Waals surface area (Å²) in [7, 11) is 0. The third-order valence-electron chi connectivity index (χ3n) is 3.55. The van der Waals surface area contributed by atoms with Gasteiger partial charge in [-0.1, -0.05) is 60.2 Å². The minimum atomic E-state index is -0.238. The predicted octanol–water partition coefficient (Wildman–Crippen LogP) is 3.11. The van der Waals surface area contributed by atoms with Crippen molar-refractivity contribution in [2.24, 2.45) is 0 Å². The van der Waals surface area contributed by atoms with Crippen molar-refractivity contribution in [3.63, 3.8) is 0 Å². The van der Waals surface area contributed by atoms with Crippen molar-refractivity contribution in [3.8, 4) is 0 Å². The Balaban J connectivity index is 1.62. The van der Waals surface area contributed by atoms with E-state index in [1.54, 1.807) is 0 Å². The molecule has 0 radical (unpaired) electrons. The summed E-state index contributed by atoms with van der Waals surface area (Å²) in [6.07, 6.45) is 1.09. The molecule has 2 aromatic rings. The lowest BCUT2D eigenvalue weighted by molar-refractivity contribution is 0.0983. The van der Waals surface area contributed by atoms with Crippen LogP contribution in [0.4, 0.5) is 4.79 Å². The van der Waals surface area contributed by atoms with Crippen molar-refractivity contribution < 1.29 is 9.59 Å². The monoisotopic (exact) mass is 310 g/mol. The van der Waals surface area contributed by atoms with Crippen LogP contribution >= 0.6 is 0 Å². The zero-order valence-corrected chi connectivity index (χ0v) is 13.3. The standard InChI is InChI=1S/C19H22N2O2/c1-15-7-9-17(10-8-15)18(22)12-14-21-19(23)20-13-11-16-5-3-2-4-6-16/h2-10H,11-14H2,1H3,(H2,20,21,23). The smallest absolute Gasteiger partial charge is 0.314 e. The van der Waals surface area contributed by atoms with Crippen molar-refractivity contribution in [3.05, 3.63) is 71.3 Å². The molecule has 0 bridgehead atoms. The fraction of sp³-hybridized carbons (Fsp3) is 0.263. The van der Waals surface area contributed by atoms with Gasteiger partial charge in [-0.05, 0) is 18.9 Å². The SMILES string of the molecule is Cc1ccc(C(=O)CCNC(=O)NCCc2ccccc2)cc1. The van der Waals surface area contributed by atoms with Crippen LogP contribution in [0.3, 0.4) is 0 Å². The van der Waals surface area contributed by atoms with Crippen LogP contribution < -0.4 is 10.6 Å². The Labute approximate surface area is 136 Å². The van der Waals surface area contributed by atoms with Gasteiger partial charge in [-0.2, -0.15) is 0 Å². The molecule has 0 atom stereocenters. The number of amides is 2. The summed E-state index contributed by atoms with van der Waals surface area (Å²) in [5.41, 5.74) is 2.99. The number of benzene rings is 2. The molecule has 2 amide bonds. The number of rotatable bonds is 7. The quantitative estimate of drug-likeness (QED) is 0.772. The maximum Gasteiger partial charge on any atom is 0.314 e. The number of carbonyl (C=O) groups excluding carboxylic acids is 2. The average Bonchev–Trinajstić information content (AvgIpc) is 2.56. The highest BCUT2D eigenvalue weighted by Crippen LogP contribution is 2.05. The number of Topliss-reactive ketones (excluding diaryl/α,β-unsaturated/α-hetero) is 1. The van der Waals surface area contributed by atoms with Gasteiger partial charge in [0.1, 0.15) is 0 Å². The third kappa shape index (κ3) is 5.94. The number of aryl methyl sites for hydroxylation is 1. The van der Waals surface area contributed by atoms with Crippen molar-refractivity contribution in [2.45, 2.75) is 19.8 Å². The van der Waals surface area contributed by atoms with Gasteiger partial charge in [-0.15, -0.1) is 0 Å². The highest BCUT2D eigenvalue weighted by atomic mass is 16.2. The molecule has 2 aromatic carbocycles. The Bertz CT molecular complexity index is 636. The van der Waals surface area contributed by atoms with Crippen molar-refractivity contribution in [1.29, 1.82) is 0 Å². The van der Waals surface area contributed by atoms with Crippen LogP contribution in [-0.4, -0.2) is 24.9 Å². The molecule has 0 saturated heterocycles. The third-order valence-corrected chi connectivity index (χ3v) is 3.55. The molecule has 0 aliphatic rings. The molecule has 0 aliphatic heterocycles. The summed E-state index contributed by atoms with van der Waals surface area (Å²) >= 11 is 0. The van der Waals surface area contributed by atoms with Gasteiger partial charge >= 0.3 is 6.03 Å². The maximum atomic E-state index is 12.0. The molecule has 0 unspecified atom stereocenters. The second-order valence-corrected chi connectivity index (χ2v) is 5.46. The summed E-state index contributed by atoms with van der Waals surface area (Å²) in [4.78, 5) is 23.6. The second-order valence-electron chi connectivity index (χ2n) is 5.46. The van der Waals surface area contributed by atoms with Crippen LogP contribution in [-0.2, 0) is 6.42 Å². The fourth-order valence-corrected chi connectivity index (χ4v) is 2.20. The van der Waals surface area contributed by atoms with Crippen molar-refractivity contribution in [1.82, 2.24) is 10.6 Å². The highest BCUT2D eigenvalue weighted by Gasteiger charge is 2.06. The molecule has 120 valence electrons. The number of hydrogen-bond donors (Lipinski definition) is 2. The number of urea groups is 1. The molecule has 2 rings (SSSR count). The Morgan fingerprint density at radius 1 is 0.870 bits per heavy atom. The molecule has 23 heavy (non-hydrogen) atoms. The van der Waals surface area contributed by atoms with Gasteiger partial charge in [-0.3, -0.25) is 4.79 Å². The van der Waals surface area contributed by atoms with E-state index in [1.165, 1.54) is 5.56 Å². The van der Waals surface area contributed by atoms with Gasteiger partial charge in [0.25, 0.3) is 0 Å². The van der Waals surface area contributed by atoms with E-state index in [-0.39, 0.29) is 11.8 Å². The van der Waals surface area contributed by atoms with E-state index < -0.39 is 0 Å². The average molecular weight is 310 g/mol.